The standard InChI is InChI=1S/C17H15ClN4OS/c1-9-7-14-15(8-13(9)18)22-16(21-14)11-3-5-12(6-4-11)20-17(24)19-10(2)23/h3-8H,1-2H3,(H,21,22)(H2,19,20,23,24). The molecule has 24 heavy (non-hydrogen) atoms. The van der Waals surface area contributed by atoms with E-state index in [-0.39, 0.29) is 11.0 Å². The molecule has 0 saturated heterocycles. The van der Waals surface area contributed by atoms with Crippen LogP contribution in [0.3, 0.4) is 0 Å². The lowest BCUT2D eigenvalue weighted by Crippen LogP contribution is -2.32. The zero-order valence-electron chi connectivity index (χ0n) is 13.1. The van der Waals surface area contributed by atoms with Gasteiger partial charge in [0.15, 0.2) is 5.11 Å². The predicted octanol–water partition coefficient (Wildman–Crippen LogP) is 4.02. The van der Waals surface area contributed by atoms with Crippen molar-refractivity contribution in [2.45, 2.75) is 13.8 Å². The second kappa shape index (κ2) is 6.59. The molecule has 2 aromatic carbocycles. The monoisotopic (exact) mass is 358 g/mol. The first-order valence-corrected chi connectivity index (χ1v) is 8.06. The topological polar surface area (TPSA) is 69.8 Å². The minimum Gasteiger partial charge on any atom is -0.338 e. The number of amides is 1. The summed E-state index contributed by atoms with van der Waals surface area (Å²) in [5.41, 5.74) is 4.50. The van der Waals surface area contributed by atoms with Gasteiger partial charge in [-0.25, -0.2) is 4.98 Å². The highest BCUT2D eigenvalue weighted by Gasteiger charge is 2.08. The first-order valence-electron chi connectivity index (χ1n) is 7.27. The van der Waals surface area contributed by atoms with Gasteiger partial charge in [0.25, 0.3) is 0 Å². The highest BCUT2D eigenvalue weighted by atomic mass is 35.5. The molecule has 0 aliphatic rings. The fraction of sp³-hybridized carbons (Fsp3) is 0.118. The number of carbonyl (C=O) groups excluding carboxylic acids is 1. The van der Waals surface area contributed by atoms with Crippen LogP contribution in [0.5, 0.6) is 0 Å². The molecule has 1 amide bonds. The molecule has 0 spiro atoms. The summed E-state index contributed by atoms with van der Waals surface area (Å²) >= 11 is 11.2. The Labute approximate surface area is 149 Å². The van der Waals surface area contributed by atoms with E-state index in [0.717, 1.165) is 33.7 Å². The Kier molecular flexibility index (Phi) is 4.51. The number of H-pyrrole nitrogens is 1. The number of fused-ring (bicyclic) bond motifs is 1. The smallest absolute Gasteiger partial charge is 0.222 e. The Hall–Kier alpha value is -2.44. The Morgan fingerprint density at radius 2 is 1.96 bits per heavy atom. The van der Waals surface area contributed by atoms with Crippen LogP contribution in [0.4, 0.5) is 5.69 Å². The number of hydrogen-bond donors (Lipinski definition) is 3. The number of thiocarbonyl (C=S) groups is 1. The molecule has 0 atom stereocenters. The zero-order valence-corrected chi connectivity index (χ0v) is 14.7. The van der Waals surface area contributed by atoms with Crippen LogP contribution in [0.1, 0.15) is 12.5 Å². The average Bonchev–Trinajstić information content (AvgIpc) is 2.90. The van der Waals surface area contributed by atoms with Crippen LogP contribution in [-0.2, 0) is 4.79 Å². The molecular weight excluding hydrogens is 344 g/mol. The van der Waals surface area contributed by atoms with E-state index in [4.69, 9.17) is 23.8 Å². The molecule has 1 aromatic heterocycles. The van der Waals surface area contributed by atoms with Gasteiger partial charge in [0.2, 0.25) is 5.91 Å². The molecule has 3 aromatic rings. The third-order valence-corrected chi connectivity index (χ3v) is 4.08. The molecule has 0 aliphatic carbocycles. The minimum atomic E-state index is -0.208. The van der Waals surface area contributed by atoms with E-state index in [1.165, 1.54) is 6.92 Å². The molecule has 0 saturated carbocycles. The number of benzene rings is 2. The molecular formula is C17H15ClN4OS. The normalized spacial score (nSPS) is 10.6. The first kappa shape index (κ1) is 16.4. The van der Waals surface area contributed by atoms with Gasteiger partial charge in [-0.05, 0) is 61.1 Å². The third kappa shape index (κ3) is 3.55. The second-order valence-electron chi connectivity index (χ2n) is 5.42. The van der Waals surface area contributed by atoms with E-state index < -0.39 is 0 Å². The quantitative estimate of drug-likeness (QED) is 0.605. The molecule has 0 unspecified atom stereocenters. The highest BCUT2D eigenvalue weighted by Crippen LogP contribution is 2.26. The molecule has 3 rings (SSSR count). The van der Waals surface area contributed by atoms with Crippen LogP contribution >= 0.6 is 23.8 Å². The summed E-state index contributed by atoms with van der Waals surface area (Å²) < 4.78 is 0. The summed E-state index contributed by atoms with van der Waals surface area (Å²) in [7, 11) is 0. The van der Waals surface area contributed by atoms with E-state index >= 15 is 0 Å². The Morgan fingerprint density at radius 1 is 1.25 bits per heavy atom. The molecule has 1 heterocycles. The number of imidazole rings is 1. The summed E-state index contributed by atoms with van der Waals surface area (Å²) in [5.74, 6) is 0.558. The number of hydrogen-bond acceptors (Lipinski definition) is 3. The van der Waals surface area contributed by atoms with Crippen molar-refractivity contribution < 1.29 is 4.79 Å². The summed E-state index contributed by atoms with van der Waals surface area (Å²) in [6, 6.07) is 11.4. The van der Waals surface area contributed by atoms with Gasteiger partial charge in [0.05, 0.1) is 11.0 Å². The van der Waals surface area contributed by atoms with E-state index in [1.54, 1.807) is 0 Å². The number of aryl methyl sites for hydroxylation is 1. The molecule has 0 radical (unpaired) electrons. The number of anilines is 1. The molecule has 5 nitrogen and oxygen atoms in total. The summed E-state index contributed by atoms with van der Waals surface area (Å²) in [5, 5.41) is 6.43. The van der Waals surface area contributed by atoms with Crippen molar-refractivity contribution in [3.05, 3.63) is 47.0 Å². The van der Waals surface area contributed by atoms with Crippen LogP contribution in [-0.4, -0.2) is 21.0 Å². The average molecular weight is 359 g/mol. The van der Waals surface area contributed by atoms with Gasteiger partial charge in [-0.3, -0.25) is 4.79 Å². The lowest BCUT2D eigenvalue weighted by Gasteiger charge is -2.08. The Balaban J connectivity index is 1.83. The van der Waals surface area contributed by atoms with Crippen molar-refractivity contribution in [3.8, 4) is 11.4 Å². The van der Waals surface area contributed by atoms with Gasteiger partial charge in [0, 0.05) is 23.2 Å². The van der Waals surface area contributed by atoms with Crippen LogP contribution in [0, 0.1) is 6.92 Å². The summed E-state index contributed by atoms with van der Waals surface area (Å²) in [6.45, 7) is 3.37. The molecule has 0 bridgehead atoms. The molecule has 3 N–H and O–H groups in total. The lowest BCUT2D eigenvalue weighted by atomic mass is 10.2. The lowest BCUT2D eigenvalue weighted by molar-refractivity contribution is -0.117. The SMILES string of the molecule is CC(=O)NC(=S)Nc1ccc(-c2nc3cc(Cl)c(C)cc3[nH]2)cc1. The van der Waals surface area contributed by atoms with Crippen LogP contribution in [0.25, 0.3) is 22.4 Å². The maximum Gasteiger partial charge on any atom is 0.222 e. The van der Waals surface area contributed by atoms with Crippen molar-refractivity contribution in [1.29, 1.82) is 0 Å². The van der Waals surface area contributed by atoms with Crippen molar-refractivity contribution in [2.75, 3.05) is 5.32 Å². The first-order chi connectivity index (χ1) is 11.4. The van der Waals surface area contributed by atoms with E-state index in [9.17, 15) is 4.79 Å². The van der Waals surface area contributed by atoms with Crippen LogP contribution in [0.15, 0.2) is 36.4 Å². The predicted molar refractivity (Wildman–Crippen MR) is 101 cm³/mol. The summed E-state index contributed by atoms with van der Waals surface area (Å²) in [4.78, 5) is 18.8. The third-order valence-electron chi connectivity index (χ3n) is 3.47. The van der Waals surface area contributed by atoms with Gasteiger partial charge in [-0.2, -0.15) is 0 Å². The molecule has 0 fully saturated rings. The van der Waals surface area contributed by atoms with Crippen LogP contribution < -0.4 is 10.6 Å². The summed E-state index contributed by atoms with van der Waals surface area (Å²) in [6.07, 6.45) is 0. The second-order valence-corrected chi connectivity index (χ2v) is 6.23. The van der Waals surface area contributed by atoms with Crippen molar-refractivity contribution in [3.63, 3.8) is 0 Å². The van der Waals surface area contributed by atoms with Crippen molar-refractivity contribution >= 4 is 51.6 Å². The van der Waals surface area contributed by atoms with Crippen molar-refractivity contribution in [2.24, 2.45) is 0 Å². The number of nitrogens with one attached hydrogen (secondary N) is 3. The van der Waals surface area contributed by atoms with E-state index in [0.29, 0.717) is 5.02 Å². The Bertz CT molecular complexity index is 895. The number of aromatic amines is 1. The van der Waals surface area contributed by atoms with Crippen molar-refractivity contribution in [1.82, 2.24) is 15.3 Å². The maximum absolute atomic E-state index is 11.0. The number of nitrogens with zero attached hydrogens (tertiary/aromatic N) is 1. The largest absolute Gasteiger partial charge is 0.338 e. The van der Waals surface area contributed by atoms with Crippen LogP contribution in [0.2, 0.25) is 5.02 Å². The number of rotatable bonds is 2. The molecule has 0 aliphatic heterocycles. The van der Waals surface area contributed by atoms with Gasteiger partial charge >= 0.3 is 0 Å². The van der Waals surface area contributed by atoms with Gasteiger partial charge in [-0.15, -0.1) is 0 Å². The maximum atomic E-state index is 11.0. The minimum absolute atomic E-state index is 0.208. The van der Waals surface area contributed by atoms with E-state index in [1.807, 2.05) is 43.3 Å². The zero-order chi connectivity index (χ0) is 17.3. The molecule has 7 heteroatoms. The number of carbonyl (C=O) groups is 1. The highest BCUT2D eigenvalue weighted by molar-refractivity contribution is 7.80. The fourth-order valence-electron chi connectivity index (χ4n) is 2.31. The Morgan fingerprint density at radius 3 is 2.62 bits per heavy atom. The fourth-order valence-corrected chi connectivity index (χ4v) is 2.73. The van der Waals surface area contributed by atoms with Gasteiger partial charge in [0.1, 0.15) is 5.82 Å². The van der Waals surface area contributed by atoms with E-state index in [2.05, 4.69) is 20.6 Å². The number of halogens is 1. The van der Waals surface area contributed by atoms with Gasteiger partial charge < -0.3 is 15.6 Å². The molecule has 122 valence electrons. The van der Waals surface area contributed by atoms with Gasteiger partial charge in [-0.1, -0.05) is 11.6 Å². The number of aromatic nitrogens is 2.